The van der Waals surface area contributed by atoms with Crippen LogP contribution in [0.2, 0.25) is 0 Å². The summed E-state index contributed by atoms with van der Waals surface area (Å²) in [5.41, 5.74) is 5.66. The van der Waals surface area contributed by atoms with Crippen LogP contribution in [0.3, 0.4) is 0 Å². The fraction of sp³-hybridized carbons (Fsp3) is 0.316. The third-order valence-corrected chi connectivity index (χ3v) is 4.02. The standard InChI is InChI=1S/C19H24N2O/c1-13-9-7-11-18(16(13)4)21-19(22)20-15(3)12-17-10-6-5-8-14(17)2/h5-11,15H,12H2,1-4H3,(H2,20,21,22). The Bertz CT molecular complexity index is 664. The smallest absolute Gasteiger partial charge is 0.319 e. The predicted octanol–water partition coefficient (Wildman–Crippen LogP) is 4.36. The van der Waals surface area contributed by atoms with Gasteiger partial charge in [0.15, 0.2) is 0 Å². The predicted molar refractivity (Wildman–Crippen MR) is 92.4 cm³/mol. The van der Waals surface area contributed by atoms with Crippen LogP contribution in [0.5, 0.6) is 0 Å². The molecule has 116 valence electrons. The molecule has 1 atom stereocenters. The van der Waals surface area contributed by atoms with Crippen LogP contribution in [0.4, 0.5) is 10.5 Å². The number of rotatable bonds is 4. The fourth-order valence-corrected chi connectivity index (χ4v) is 2.49. The summed E-state index contributed by atoms with van der Waals surface area (Å²) in [4.78, 5) is 12.1. The number of urea groups is 1. The van der Waals surface area contributed by atoms with Crippen molar-refractivity contribution in [3.63, 3.8) is 0 Å². The van der Waals surface area contributed by atoms with Gasteiger partial charge in [0.05, 0.1) is 0 Å². The average Bonchev–Trinajstić information content (AvgIpc) is 2.46. The summed E-state index contributed by atoms with van der Waals surface area (Å²) in [7, 11) is 0. The van der Waals surface area contributed by atoms with Gasteiger partial charge in [-0.05, 0) is 62.4 Å². The van der Waals surface area contributed by atoms with Crippen molar-refractivity contribution < 1.29 is 4.79 Å². The molecular formula is C19H24N2O. The number of aryl methyl sites for hydroxylation is 2. The average molecular weight is 296 g/mol. The Morgan fingerprint density at radius 1 is 1.00 bits per heavy atom. The second-order valence-corrected chi connectivity index (χ2v) is 5.88. The molecule has 0 bridgehead atoms. The van der Waals surface area contributed by atoms with E-state index in [0.717, 1.165) is 17.7 Å². The molecule has 0 aliphatic carbocycles. The largest absolute Gasteiger partial charge is 0.335 e. The number of anilines is 1. The molecule has 0 aromatic heterocycles. The molecule has 22 heavy (non-hydrogen) atoms. The highest BCUT2D eigenvalue weighted by atomic mass is 16.2. The van der Waals surface area contributed by atoms with E-state index in [0.29, 0.717) is 0 Å². The van der Waals surface area contributed by atoms with Crippen molar-refractivity contribution >= 4 is 11.7 Å². The zero-order chi connectivity index (χ0) is 16.1. The summed E-state index contributed by atoms with van der Waals surface area (Å²) in [6.45, 7) is 8.17. The van der Waals surface area contributed by atoms with E-state index in [9.17, 15) is 4.79 Å². The zero-order valence-corrected chi connectivity index (χ0v) is 13.7. The summed E-state index contributed by atoms with van der Waals surface area (Å²) in [6, 6.07) is 14.1. The second-order valence-electron chi connectivity index (χ2n) is 5.88. The van der Waals surface area contributed by atoms with Crippen molar-refractivity contribution in [1.29, 1.82) is 0 Å². The topological polar surface area (TPSA) is 41.1 Å². The van der Waals surface area contributed by atoms with Crippen LogP contribution in [0, 0.1) is 20.8 Å². The summed E-state index contributed by atoms with van der Waals surface area (Å²) in [5, 5.41) is 5.93. The van der Waals surface area contributed by atoms with Gasteiger partial charge in [0.2, 0.25) is 0 Å². The normalized spacial score (nSPS) is 11.8. The first kappa shape index (κ1) is 16.1. The van der Waals surface area contributed by atoms with Crippen LogP contribution in [-0.2, 0) is 6.42 Å². The Labute approximate surface area is 132 Å². The Balaban J connectivity index is 1.94. The monoisotopic (exact) mass is 296 g/mol. The van der Waals surface area contributed by atoms with Gasteiger partial charge >= 0.3 is 6.03 Å². The lowest BCUT2D eigenvalue weighted by Gasteiger charge is -2.17. The van der Waals surface area contributed by atoms with Gasteiger partial charge in [-0.1, -0.05) is 36.4 Å². The first-order valence-electron chi connectivity index (χ1n) is 7.65. The molecule has 0 radical (unpaired) electrons. The fourth-order valence-electron chi connectivity index (χ4n) is 2.49. The lowest BCUT2D eigenvalue weighted by molar-refractivity contribution is 0.249. The Hall–Kier alpha value is -2.29. The summed E-state index contributed by atoms with van der Waals surface area (Å²) < 4.78 is 0. The van der Waals surface area contributed by atoms with E-state index >= 15 is 0 Å². The van der Waals surface area contributed by atoms with Gasteiger partial charge in [0.25, 0.3) is 0 Å². The van der Waals surface area contributed by atoms with E-state index in [4.69, 9.17) is 0 Å². The second kappa shape index (κ2) is 7.12. The number of carbonyl (C=O) groups is 1. The zero-order valence-electron chi connectivity index (χ0n) is 13.7. The maximum atomic E-state index is 12.1. The summed E-state index contributed by atoms with van der Waals surface area (Å²) in [6.07, 6.45) is 0.826. The molecule has 2 aromatic rings. The Morgan fingerprint density at radius 3 is 2.41 bits per heavy atom. The minimum atomic E-state index is -0.158. The number of hydrogen-bond donors (Lipinski definition) is 2. The minimum absolute atomic E-state index is 0.0752. The van der Waals surface area contributed by atoms with Gasteiger partial charge in [0.1, 0.15) is 0 Å². The third-order valence-electron chi connectivity index (χ3n) is 4.02. The number of carbonyl (C=O) groups excluding carboxylic acids is 1. The van der Waals surface area contributed by atoms with Gasteiger partial charge in [-0.2, -0.15) is 0 Å². The van der Waals surface area contributed by atoms with E-state index in [1.807, 2.05) is 51.1 Å². The first-order chi connectivity index (χ1) is 10.5. The van der Waals surface area contributed by atoms with Crippen LogP contribution in [0.15, 0.2) is 42.5 Å². The molecule has 2 amide bonds. The molecule has 0 fully saturated rings. The van der Waals surface area contributed by atoms with Crippen molar-refractivity contribution in [3.05, 3.63) is 64.7 Å². The van der Waals surface area contributed by atoms with E-state index in [-0.39, 0.29) is 12.1 Å². The number of benzene rings is 2. The van der Waals surface area contributed by atoms with E-state index < -0.39 is 0 Å². The quantitative estimate of drug-likeness (QED) is 0.864. The molecule has 3 heteroatoms. The van der Waals surface area contributed by atoms with Crippen LogP contribution < -0.4 is 10.6 Å². The lowest BCUT2D eigenvalue weighted by Crippen LogP contribution is -2.37. The highest BCUT2D eigenvalue weighted by Gasteiger charge is 2.10. The molecule has 0 saturated carbocycles. The van der Waals surface area contributed by atoms with Crippen LogP contribution >= 0.6 is 0 Å². The lowest BCUT2D eigenvalue weighted by atomic mass is 10.0. The molecule has 0 spiro atoms. The maximum absolute atomic E-state index is 12.1. The highest BCUT2D eigenvalue weighted by Crippen LogP contribution is 2.17. The molecule has 0 aliphatic rings. The SMILES string of the molecule is Cc1ccccc1CC(C)NC(=O)Nc1cccc(C)c1C. The number of amides is 2. The highest BCUT2D eigenvalue weighted by molar-refractivity contribution is 5.90. The van der Waals surface area contributed by atoms with Crippen molar-refractivity contribution in [2.45, 2.75) is 40.2 Å². The molecule has 1 unspecified atom stereocenters. The molecule has 0 heterocycles. The number of nitrogens with one attached hydrogen (secondary N) is 2. The Morgan fingerprint density at radius 2 is 1.68 bits per heavy atom. The van der Waals surface area contributed by atoms with Crippen molar-refractivity contribution in [2.24, 2.45) is 0 Å². The first-order valence-corrected chi connectivity index (χ1v) is 7.65. The van der Waals surface area contributed by atoms with E-state index in [2.05, 4.69) is 29.7 Å². The van der Waals surface area contributed by atoms with Gasteiger partial charge in [-0.15, -0.1) is 0 Å². The van der Waals surface area contributed by atoms with Gasteiger partial charge in [0, 0.05) is 11.7 Å². The van der Waals surface area contributed by atoms with Crippen LogP contribution in [0.1, 0.15) is 29.2 Å². The third kappa shape index (κ3) is 4.10. The van der Waals surface area contributed by atoms with E-state index in [1.165, 1.54) is 16.7 Å². The van der Waals surface area contributed by atoms with Gasteiger partial charge in [-0.25, -0.2) is 4.79 Å². The maximum Gasteiger partial charge on any atom is 0.319 e. The molecule has 0 saturated heterocycles. The van der Waals surface area contributed by atoms with Crippen molar-refractivity contribution in [3.8, 4) is 0 Å². The molecule has 0 aliphatic heterocycles. The number of hydrogen-bond acceptors (Lipinski definition) is 1. The van der Waals surface area contributed by atoms with Crippen LogP contribution in [0.25, 0.3) is 0 Å². The van der Waals surface area contributed by atoms with Crippen molar-refractivity contribution in [2.75, 3.05) is 5.32 Å². The van der Waals surface area contributed by atoms with Crippen LogP contribution in [-0.4, -0.2) is 12.1 Å². The Kier molecular flexibility index (Phi) is 5.21. The summed E-state index contributed by atoms with van der Waals surface area (Å²) >= 11 is 0. The molecule has 2 rings (SSSR count). The van der Waals surface area contributed by atoms with E-state index in [1.54, 1.807) is 0 Å². The molecule has 3 nitrogen and oxygen atoms in total. The van der Waals surface area contributed by atoms with Gasteiger partial charge in [-0.3, -0.25) is 0 Å². The van der Waals surface area contributed by atoms with Gasteiger partial charge < -0.3 is 10.6 Å². The molecule has 2 N–H and O–H groups in total. The minimum Gasteiger partial charge on any atom is -0.335 e. The summed E-state index contributed by atoms with van der Waals surface area (Å²) in [5.74, 6) is 0. The molecule has 2 aromatic carbocycles. The van der Waals surface area contributed by atoms with Crippen molar-refractivity contribution in [1.82, 2.24) is 5.32 Å². The molecular weight excluding hydrogens is 272 g/mol.